The molecule has 0 radical (unpaired) electrons. The molecule has 160 valence electrons. The van der Waals surface area contributed by atoms with Crippen LogP contribution in [0.2, 0.25) is 0 Å². The molecule has 0 fully saturated rings. The van der Waals surface area contributed by atoms with Gasteiger partial charge in [-0.05, 0) is 32.0 Å². The van der Waals surface area contributed by atoms with Gasteiger partial charge in [-0.2, -0.15) is 0 Å². The van der Waals surface area contributed by atoms with Gasteiger partial charge in [-0.25, -0.2) is 9.78 Å². The number of nitrogens with zero attached hydrogens (tertiary/aromatic N) is 5. The van der Waals surface area contributed by atoms with Crippen molar-refractivity contribution in [2.75, 3.05) is 12.3 Å². The zero-order valence-electron chi connectivity index (χ0n) is 16.8. The van der Waals surface area contributed by atoms with Gasteiger partial charge in [-0.15, -0.1) is 21.5 Å². The summed E-state index contributed by atoms with van der Waals surface area (Å²) < 4.78 is 12.1. The number of nitrogens with two attached hydrogens (primary N) is 1. The Balaban J connectivity index is 0.000000334. The number of ether oxygens (including phenoxy) is 1. The number of fused-ring (bicyclic) bond motifs is 3. The Morgan fingerprint density at radius 3 is 2.81 bits per heavy atom. The highest BCUT2D eigenvalue weighted by molar-refractivity contribution is 7.15. The van der Waals surface area contributed by atoms with E-state index in [0.29, 0.717) is 18.2 Å². The minimum absolute atomic E-state index is 0.206. The first-order valence-electron chi connectivity index (χ1n) is 9.50. The summed E-state index contributed by atoms with van der Waals surface area (Å²) >= 11 is 1.58. The lowest BCUT2D eigenvalue weighted by molar-refractivity contribution is 0.0696. The molecule has 10 nitrogen and oxygen atoms in total. The standard InChI is InChI=1S/C17H16N4O3S.C3H4N2O/c1-9(2)21-8-18-20-15(21)16-19-14-11-4-3-10(17(22)23)7-12(11)24-6-5-13(14)25-16;4-3-1-2-6-5-3/h3-4,7-9H,5-6H2,1-2H3,(H,22,23);1-2H,(H2,4,5). The summed E-state index contributed by atoms with van der Waals surface area (Å²) in [4.78, 5) is 17.1. The van der Waals surface area contributed by atoms with Crippen molar-refractivity contribution in [1.29, 1.82) is 0 Å². The first kappa shape index (κ1) is 20.5. The van der Waals surface area contributed by atoms with Gasteiger partial charge in [-0.1, -0.05) is 5.16 Å². The Labute approximate surface area is 181 Å². The summed E-state index contributed by atoms with van der Waals surface area (Å²) in [7, 11) is 0. The maximum Gasteiger partial charge on any atom is 0.335 e. The maximum absolute atomic E-state index is 11.2. The molecular weight excluding hydrogens is 420 g/mol. The van der Waals surface area contributed by atoms with E-state index in [1.807, 2.05) is 4.57 Å². The van der Waals surface area contributed by atoms with E-state index in [0.717, 1.165) is 33.4 Å². The van der Waals surface area contributed by atoms with Gasteiger partial charge in [0.15, 0.2) is 16.6 Å². The van der Waals surface area contributed by atoms with Gasteiger partial charge in [0.2, 0.25) is 0 Å². The summed E-state index contributed by atoms with van der Waals surface area (Å²) in [6.07, 6.45) is 3.86. The molecule has 0 unspecified atom stereocenters. The van der Waals surface area contributed by atoms with E-state index in [-0.39, 0.29) is 11.6 Å². The van der Waals surface area contributed by atoms with Gasteiger partial charge in [0.25, 0.3) is 0 Å². The van der Waals surface area contributed by atoms with E-state index in [1.165, 1.54) is 6.26 Å². The number of carboxylic acid groups (broad SMARTS) is 1. The molecule has 1 aliphatic heterocycles. The molecule has 1 aliphatic rings. The quantitative estimate of drug-likeness (QED) is 0.489. The van der Waals surface area contributed by atoms with Gasteiger partial charge in [0, 0.05) is 29.0 Å². The highest BCUT2D eigenvalue weighted by Crippen LogP contribution is 2.40. The fraction of sp³-hybridized carbons (Fsp3) is 0.250. The second-order valence-corrected chi connectivity index (χ2v) is 8.07. The van der Waals surface area contributed by atoms with Gasteiger partial charge >= 0.3 is 5.97 Å². The van der Waals surface area contributed by atoms with Crippen LogP contribution in [-0.2, 0) is 6.42 Å². The van der Waals surface area contributed by atoms with Crippen LogP contribution in [0.4, 0.5) is 5.82 Å². The third kappa shape index (κ3) is 4.26. The number of hydrogen-bond acceptors (Lipinski definition) is 9. The zero-order chi connectivity index (χ0) is 22.0. The number of rotatable bonds is 3. The Bertz CT molecular complexity index is 1200. The predicted molar refractivity (Wildman–Crippen MR) is 114 cm³/mol. The van der Waals surface area contributed by atoms with Crippen LogP contribution in [0.1, 0.15) is 35.1 Å². The third-order valence-electron chi connectivity index (χ3n) is 4.55. The molecule has 4 aromatic rings. The number of anilines is 1. The molecule has 3 N–H and O–H groups in total. The Morgan fingerprint density at radius 2 is 2.16 bits per heavy atom. The second kappa shape index (κ2) is 8.56. The van der Waals surface area contributed by atoms with E-state index >= 15 is 0 Å². The molecule has 5 rings (SSSR count). The SMILES string of the molecule is CC(C)n1cnnc1-c1nc2c(s1)CCOc1cc(C(=O)O)ccc1-2.Nc1ccon1. The normalized spacial score (nSPS) is 12.2. The predicted octanol–water partition coefficient (Wildman–Crippen LogP) is 3.54. The van der Waals surface area contributed by atoms with Gasteiger partial charge in [-0.3, -0.25) is 0 Å². The topological polar surface area (TPSA) is 142 Å². The van der Waals surface area contributed by atoms with Crippen LogP contribution in [0.25, 0.3) is 22.1 Å². The highest BCUT2D eigenvalue weighted by Gasteiger charge is 2.24. The Hall–Kier alpha value is -3.73. The average Bonchev–Trinajstić information content (AvgIpc) is 3.47. The van der Waals surface area contributed by atoms with Crippen molar-refractivity contribution >= 4 is 23.1 Å². The van der Waals surface area contributed by atoms with Crippen LogP contribution in [0.5, 0.6) is 5.75 Å². The Morgan fingerprint density at radius 1 is 1.32 bits per heavy atom. The number of thiazole rings is 1. The van der Waals surface area contributed by atoms with Crippen LogP contribution in [0.15, 0.2) is 41.4 Å². The zero-order valence-corrected chi connectivity index (χ0v) is 17.7. The highest BCUT2D eigenvalue weighted by atomic mass is 32.1. The van der Waals surface area contributed by atoms with Crippen LogP contribution in [0, 0.1) is 0 Å². The number of nitrogen functional groups attached to an aromatic ring is 1. The molecule has 0 atom stereocenters. The van der Waals surface area contributed by atoms with E-state index in [9.17, 15) is 9.90 Å². The largest absolute Gasteiger partial charge is 0.492 e. The summed E-state index contributed by atoms with van der Waals surface area (Å²) in [6.45, 7) is 4.63. The molecule has 0 spiro atoms. The van der Waals surface area contributed by atoms with E-state index in [4.69, 9.17) is 15.5 Å². The van der Waals surface area contributed by atoms with Gasteiger partial charge in [0.05, 0.1) is 17.9 Å². The molecule has 1 aromatic carbocycles. The van der Waals surface area contributed by atoms with Crippen molar-refractivity contribution in [3.63, 3.8) is 0 Å². The molecule has 0 saturated carbocycles. The van der Waals surface area contributed by atoms with Crippen LogP contribution >= 0.6 is 11.3 Å². The van der Waals surface area contributed by atoms with E-state index in [2.05, 4.69) is 33.7 Å². The van der Waals surface area contributed by atoms with Crippen LogP contribution < -0.4 is 10.5 Å². The monoisotopic (exact) mass is 440 g/mol. The summed E-state index contributed by atoms with van der Waals surface area (Å²) in [5, 5.41) is 21.5. The third-order valence-corrected chi connectivity index (χ3v) is 5.66. The second-order valence-electron chi connectivity index (χ2n) is 6.99. The lowest BCUT2D eigenvalue weighted by atomic mass is 10.1. The molecule has 31 heavy (non-hydrogen) atoms. The molecule has 11 heteroatoms. The summed E-state index contributed by atoms with van der Waals surface area (Å²) in [5.74, 6) is 0.758. The number of aromatic carboxylic acids is 1. The van der Waals surface area contributed by atoms with Crippen LogP contribution in [0.3, 0.4) is 0 Å². The minimum Gasteiger partial charge on any atom is -0.492 e. The van der Waals surface area contributed by atoms with E-state index < -0.39 is 5.97 Å². The number of carboxylic acids is 1. The lowest BCUT2D eigenvalue weighted by Gasteiger charge is -2.09. The van der Waals surface area contributed by atoms with Crippen molar-refractivity contribution in [1.82, 2.24) is 24.9 Å². The average molecular weight is 440 g/mol. The fourth-order valence-corrected chi connectivity index (χ4v) is 4.09. The molecular formula is C20H20N6O4S. The van der Waals surface area contributed by atoms with Crippen LogP contribution in [-0.4, -0.2) is 42.6 Å². The minimum atomic E-state index is -0.972. The van der Waals surface area contributed by atoms with Crippen molar-refractivity contribution in [2.24, 2.45) is 0 Å². The smallest absolute Gasteiger partial charge is 0.335 e. The first-order chi connectivity index (χ1) is 14.9. The number of hydrogen-bond donors (Lipinski definition) is 2. The molecule has 0 aliphatic carbocycles. The van der Waals surface area contributed by atoms with Crippen molar-refractivity contribution in [2.45, 2.75) is 26.3 Å². The van der Waals surface area contributed by atoms with Crippen molar-refractivity contribution in [3.05, 3.63) is 47.3 Å². The molecule has 3 aromatic heterocycles. The number of aromatic nitrogens is 5. The van der Waals surface area contributed by atoms with E-state index in [1.54, 1.807) is 41.9 Å². The summed E-state index contributed by atoms with van der Waals surface area (Å²) in [5.41, 5.74) is 6.93. The van der Waals surface area contributed by atoms with Crippen molar-refractivity contribution in [3.8, 4) is 27.8 Å². The molecule has 0 saturated heterocycles. The van der Waals surface area contributed by atoms with Crippen molar-refractivity contribution < 1.29 is 19.2 Å². The fourth-order valence-electron chi connectivity index (χ4n) is 3.05. The number of carbonyl (C=O) groups is 1. The summed E-state index contributed by atoms with van der Waals surface area (Å²) in [6, 6.07) is 6.72. The van der Waals surface area contributed by atoms with Gasteiger partial charge in [0.1, 0.15) is 18.3 Å². The van der Waals surface area contributed by atoms with Gasteiger partial charge < -0.3 is 24.7 Å². The molecule has 0 amide bonds. The number of benzene rings is 1. The molecule has 4 heterocycles. The Kier molecular flexibility index (Phi) is 5.67. The maximum atomic E-state index is 11.2. The lowest BCUT2D eigenvalue weighted by Crippen LogP contribution is -2.02. The molecule has 0 bridgehead atoms. The first-order valence-corrected chi connectivity index (χ1v) is 10.3.